The lowest BCUT2D eigenvalue weighted by Gasteiger charge is -2.33. The maximum absolute atomic E-state index is 6.38. The van der Waals surface area contributed by atoms with E-state index in [0.29, 0.717) is 6.04 Å². The van der Waals surface area contributed by atoms with Gasteiger partial charge in [-0.15, -0.1) is 11.3 Å². The van der Waals surface area contributed by atoms with Crippen LogP contribution in [0.2, 0.25) is 0 Å². The molecular weight excluding hydrogens is 320 g/mol. The number of hydrogen-bond acceptors (Lipinski definition) is 3. The standard InChI is InChI=1S/C15H25BrN2S/c1-3-13(17)15(14-8-12(16)10-19-14)18(2)9-11-6-4-5-7-11/h8,10-11,13,15H,3-7,9,17H2,1-2H3. The SMILES string of the molecule is CCC(N)C(c1cc(Br)cs1)N(C)CC1CCCC1. The highest BCUT2D eigenvalue weighted by molar-refractivity contribution is 9.10. The number of halogens is 1. The summed E-state index contributed by atoms with van der Waals surface area (Å²) in [5.41, 5.74) is 6.38. The minimum absolute atomic E-state index is 0.219. The van der Waals surface area contributed by atoms with Crippen molar-refractivity contribution in [3.63, 3.8) is 0 Å². The molecule has 0 saturated heterocycles. The van der Waals surface area contributed by atoms with Crippen LogP contribution < -0.4 is 5.73 Å². The van der Waals surface area contributed by atoms with E-state index in [0.717, 1.165) is 12.3 Å². The summed E-state index contributed by atoms with van der Waals surface area (Å²) >= 11 is 5.38. The second-order valence-corrected chi connectivity index (χ2v) is 7.63. The van der Waals surface area contributed by atoms with E-state index in [-0.39, 0.29) is 6.04 Å². The van der Waals surface area contributed by atoms with Crippen LogP contribution in [0.25, 0.3) is 0 Å². The summed E-state index contributed by atoms with van der Waals surface area (Å²) in [5, 5.41) is 2.16. The van der Waals surface area contributed by atoms with Gasteiger partial charge in [-0.1, -0.05) is 19.8 Å². The van der Waals surface area contributed by atoms with Crippen molar-refractivity contribution in [1.29, 1.82) is 0 Å². The Hall–Kier alpha value is 0.1000. The van der Waals surface area contributed by atoms with Crippen molar-refractivity contribution in [3.05, 3.63) is 20.8 Å². The fourth-order valence-electron chi connectivity index (χ4n) is 3.18. The highest BCUT2D eigenvalue weighted by Crippen LogP contribution is 2.34. The minimum Gasteiger partial charge on any atom is -0.326 e. The quantitative estimate of drug-likeness (QED) is 0.827. The highest BCUT2D eigenvalue weighted by Gasteiger charge is 2.27. The van der Waals surface area contributed by atoms with Crippen molar-refractivity contribution in [2.24, 2.45) is 11.7 Å². The minimum atomic E-state index is 0.219. The number of nitrogens with two attached hydrogens (primary N) is 1. The van der Waals surface area contributed by atoms with Gasteiger partial charge in [0, 0.05) is 27.3 Å². The van der Waals surface area contributed by atoms with Crippen LogP contribution in [-0.4, -0.2) is 24.5 Å². The van der Waals surface area contributed by atoms with E-state index in [4.69, 9.17) is 5.73 Å². The van der Waals surface area contributed by atoms with Gasteiger partial charge in [-0.2, -0.15) is 0 Å². The summed E-state index contributed by atoms with van der Waals surface area (Å²) in [4.78, 5) is 3.88. The molecule has 1 aromatic heterocycles. The van der Waals surface area contributed by atoms with E-state index < -0.39 is 0 Å². The zero-order valence-corrected chi connectivity index (χ0v) is 14.3. The van der Waals surface area contributed by atoms with Crippen LogP contribution in [0.4, 0.5) is 0 Å². The van der Waals surface area contributed by atoms with Gasteiger partial charge in [0.2, 0.25) is 0 Å². The number of hydrogen-bond donors (Lipinski definition) is 1. The molecule has 2 unspecified atom stereocenters. The first-order valence-corrected chi connectivity index (χ1v) is 8.98. The molecule has 0 bridgehead atoms. The van der Waals surface area contributed by atoms with Gasteiger partial charge in [0.15, 0.2) is 0 Å². The summed E-state index contributed by atoms with van der Waals surface area (Å²) in [7, 11) is 2.24. The van der Waals surface area contributed by atoms with Gasteiger partial charge in [0.1, 0.15) is 0 Å². The van der Waals surface area contributed by atoms with Gasteiger partial charge in [-0.05, 0) is 54.2 Å². The lowest BCUT2D eigenvalue weighted by atomic mass is 10.0. The van der Waals surface area contributed by atoms with Crippen molar-refractivity contribution in [3.8, 4) is 0 Å². The summed E-state index contributed by atoms with van der Waals surface area (Å²) in [5.74, 6) is 0.875. The first kappa shape index (κ1) is 15.5. The fourth-order valence-corrected chi connectivity index (χ4v) is 4.86. The molecule has 0 amide bonds. The van der Waals surface area contributed by atoms with Crippen LogP contribution in [0.15, 0.2) is 15.9 Å². The Bertz CT molecular complexity index is 387. The molecule has 1 heterocycles. The molecule has 2 rings (SSSR count). The zero-order valence-electron chi connectivity index (χ0n) is 11.9. The molecular formula is C15H25BrN2S. The van der Waals surface area contributed by atoms with E-state index >= 15 is 0 Å². The molecule has 1 aliphatic rings. The van der Waals surface area contributed by atoms with Gasteiger partial charge >= 0.3 is 0 Å². The zero-order chi connectivity index (χ0) is 13.8. The molecule has 1 aliphatic carbocycles. The number of thiophene rings is 1. The molecule has 1 fully saturated rings. The second-order valence-electron chi connectivity index (χ2n) is 5.77. The molecule has 1 aromatic rings. The lowest BCUT2D eigenvalue weighted by Crippen LogP contribution is -2.40. The number of nitrogens with zero attached hydrogens (tertiary/aromatic N) is 1. The third-order valence-electron chi connectivity index (χ3n) is 4.25. The average Bonchev–Trinajstić information content (AvgIpc) is 3.01. The molecule has 2 atom stereocenters. The van der Waals surface area contributed by atoms with Crippen LogP contribution in [0.3, 0.4) is 0 Å². The fraction of sp³-hybridized carbons (Fsp3) is 0.733. The van der Waals surface area contributed by atoms with E-state index in [1.165, 1.54) is 41.6 Å². The van der Waals surface area contributed by atoms with Gasteiger partial charge in [-0.25, -0.2) is 0 Å². The molecule has 2 N–H and O–H groups in total. The van der Waals surface area contributed by atoms with Crippen molar-refractivity contribution in [2.45, 2.75) is 51.1 Å². The molecule has 2 nitrogen and oxygen atoms in total. The summed E-state index contributed by atoms with van der Waals surface area (Å²) in [6.07, 6.45) is 6.63. The lowest BCUT2D eigenvalue weighted by molar-refractivity contribution is 0.183. The Morgan fingerprint density at radius 3 is 2.68 bits per heavy atom. The van der Waals surface area contributed by atoms with Crippen LogP contribution in [0.1, 0.15) is 49.9 Å². The van der Waals surface area contributed by atoms with Gasteiger partial charge in [-0.3, -0.25) is 4.90 Å². The normalized spacial score (nSPS) is 20.1. The number of likely N-dealkylation sites (N-methyl/N-ethyl adjacent to an activating group) is 1. The van der Waals surface area contributed by atoms with E-state index in [9.17, 15) is 0 Å². The van der Waals surface area contributed by atoms with Crippen molar-refractivity contribution in [1.82, 2.24) is 4.90 Å². The summed E-state index contributed by atoms with van der Waals surface area (Å²) < 4.78 is 1.18. The average molecular weight is 345 g/mol. The molecule has 108 valence electrons. The molecule has 0 radical (unpaired) electrons. The first-order valence-electron chi connectivity index (χ1n) is 7.31. The summed E-state index contributed by atoms with van der Waals surface area (Å²) in [6.45, 7) is 3.37. The van der Waals surface area contributed by atoms with Gasteiger partial charge < -0.3 is 5.73 Å². The third kappa shape index (κ3) is 4.03. The predicted molar refractivity (Wildman–Crippen MR) is 87.6 cm³/mol. The highest BCUT2D eigenvalue weighted by atomic mass is 79.9. The van der Waals surface area contributed by atoms with E-state index in [1.807, 2.05) is 11.3 Å². The van der Waals surface area contributed by atoms with Gasteiger partial charge in [0.25, 0.3) is 0 Å². The Labute approximate surface area is 129 Å². The van der Waals surface area contributed by atoms with Crippen molar-refractivity contribution in [2.75, 3.05) is 13.6 Å². The van der Waals surface area contributed by atoms with E-state index in [1.54, 1.807) is 0 Å². The Morgan fingerprint density at radius 1 is 1.47 bits per heavy atom. The summed E-state index contributed by atoms with van der Waals surface area (Å²) in [6, 6.07) is 2.81. The van der Waals surface area contributed by atoms with Crippen LogP contribution in [-0.2, 0) is 0 Å². The topological polar surface area (TPSA) is 29.3 Å². The van der Waals surface area contributed by atoms with Crippen LogP contribution in [0, 0.1) is 5.92 Å². The third-order valence-corrected chi connectivity index (χ3v) is 6.02. The molecule has 0 aliphatic heterocycles. The van der Waals surface area contributed by atoms with Crippen molar-refractivity contribution >= 4 is 27.3 Å². The second kappa shape index (κ2) is 7.21. The molecule has 0 spiro atoms. The van der Waals surface area contributed by atoms with E-state index in [2.05, 4.69) is 46.2 Å². The maximum Gasteiger partial charge on any atom is 0.0591 e. The van der Waals surface area contributed by atoms with Gasteiger partial charge in [0.05, 0.1) is 6.04 Å². The van der Waals surface area contributed by atoms with Crippen LogP contribution in [0.5, 0.6) is 0 Å². The predicted octanol–water partition coefficient (Wildman–Crippen LogP) is 4.41. The largest absolute Gasteiger partial charge is 0.326 e. The number of rotatable bonds is 6. The molecule has 19 heavy (non-hydrogen) atoms. The Morgan fingerprint density at radius 2 is 2.16 bits per heavy atom. The Balaban J connectivity index is 2.07. The van der Waals surface area contributed by atoms with Crippen LogP contribution >= 0.6 is 27.3 Å². The molecule has 4 heteroatoms. The Kier molecular flexibility index (Phi) is 5.87. The first-order chi connectivity index (χ1) is 9.11. The monoisotopic (exact) mass is 344 g/mol. The molecule has 0 aromatic carbocycles. The smallest absolute Gasteiger partial charge is 0.0591 e. The molecule has 1 saturated carbocycles. The van der Waals surface area contributed by atoms with Crippen molar-refractivity contribution < 1.29 is 0 Å². The maximum atomic E-state index is 6.38.